The molecule has 0 saturated carbocycles. The van der Waals surface area contributed by atoms with E-state index in [2.05, 4.69) is 10.1 Å². The van der Waals surface area contributed by atoms with Crippen molar-refractivity contribution in [1.29, 1.82) is 0 Å². The molecule has 0 unspecified atom stereocenters. The minimum atomic E-state index is -1.08. The van der Waals surface area contributed by atoms with Crippen molar-refractivity contribution in [2.75, 3.05) is 0 Å². The van der Waals surface area contributed by atoms with E-state index in [-0.39, 0.29) is 11.5 Å². The predicted octanol–water partition coefficient (Wildman–Crippen LogP) is 2.17. The number of hydrogen-bond donors (Lipinski definition) is 2. The van der Waals surface area contributed by atoms with Crippen LogP contribution in [0.15, 0.2) is 36.5 Å². The molecule has 0 spiro atoms. The first-order valence-electron chi connectivity index (χ1n) is 5.21. The van der Waals surface area contributed by atoms with Gasteiger partial charge in [0.15, 0.2) is 11.3 Å². The first-order valence-corrected chi connectivity index (χ1v) is 5.21. The zero-order valence-electron chi connectivity index (χ0n) is 9.09. The second-order valence-corrected chi connectivity index (χ2v) is 3.84. The largest absolute Gasteiger partial charge is 0.476 e. The maximum Gasteiger partial charge on any atom is 0.356 e. The fourth-order valence-electron chi connectivity index (χ4n) is 1.78. The summed E-state index contributed by atoms with van der Waals surface area (Å²) < 4.78 is 14.6. The number of imidazole rings is 1. The number of fused-ring (bicyclic) bond motifs is 1. The Morgan fingerprint density at radius 3 is 2.89 bits per heavy atom. The minimum Gasteiger partial charge on any atom is -0.476 e. The molecule has 2 heterocycles. The zero-order valence-corrected chi connectivity index (χ0v) is 9.09. The first-order chi connectivity index (χ1) is 8.63. The van der Waals surface area contributed by atoms with Gasteiger partial charge in [0, 0.05) is 11.6 Å². The summed E-state index contributed by atoms with van der Waals surface area (Å²) >= 11 is 0. The molecule has 3 rings (SSSR count). The molecule has 3 aromatic rings. The number of rotatable bonds is 2. The van der Waals surface area contributed by atoms with Crippen LogP contribution < -0.4 is 0 Å². The summed E-state index contributed by atoms with van der Waals surface area (Å²) in [5.41, 5.74) is 1.80. The summed E-state index contributed by atoms with van der Waals surface area (Å²) in [6.07, 6.45) is 1.38. The Morgan fingerprint density at radius 1 is 1.39 bits per heavy atom. The molecule has 0 aliphatic carbocycles. The number of carboxylic acids is 1. The molecular formula is C12H8FN3O2. The van der Waals surface area contributed by atoms with Crippen molar-refractivity contribution in [3.63, 3.8) is 0 Å². The number of aromatic carboxylic acids is 1. The number of aromatic nitrogens is 3. The number of benzene rings is 1. The van der Waals surface area contributed by atoms with E-state index in [0.717, 1.165) is 0 Å². The van der Waals surface area contributed by atoms with Gasteiger partial charge in [-0.3, -0.25) is 5.10 Å². The van der Waals surface area contributed by atoms with Crippen molar-refractivity contribution >= 4 is 11.6 Å². The first kappa shape index (κ1) is 10.5. The van der Waals surface area contributed by atoms with Crippen LogP contribution in [0.5, 0.6) is 0 Å². The molecule has 5 nitrogen and oxygen atoms in total. The normalized spacial score (nSPS) is 10.9. The highest BCUT2D eigenvalue weighted by Gasteiger charge is 2.11. The minimum absolute atomic E-state index is 0.0351. The third-order valence-corrected chi connectivity index (χ3v) is 2.60. The van der Waals surface area contributed by atoms with Crippen LogP contribution in [0.4, 0.5) is 4.39 Å². The number of carbonyl (C=O) groups is 1. The number of halogens is 1. The van der Waals surface area contributed by atoms with Gasteiger partial charge in [-0.15, -0.1) is 0 Å². The van der Waals surface area contributed by atoms with Crippen LogP contribution in [0.2, 0.25) is 0 Å². The number of carboxylic acid groups (broad SMARTS) is 1. The third-order valence-electron chi connectivity index (χ3n) is 2.60. The molecule has 0 aliphatic rings. The van der Waals surface area contributed by atoms with Crippen LogP contribution in [0, 0.1) is 5.82 Å². The Balaban J connectivity index is 2.09. The van der Waals surface area contributed by atoms with E-state index in [1.165, 1.54) is 22.8 Å². The molecule has 1 aromatic carbocycles. The van der Waals surface area contributed by atoms with Gasteiger partial charge in [-0.05, 0) is 12.1 Å². The second kappa shape index (κ2) is 3.69. The second-order valence-electron chi connectivity index (χ2n) is 3.84. The van der Waals surface area contributed by atoms with Crippen molar-refractivity contribution in [3.05, 3.63) is 48.0 Å². The van der Waals surface area contributed by atoms with Crippen LogP contribution in [0.25, 0.3) is 16.9 Å². The predicted molar refractivity (Wildman–Crippen MR) is 61.9 cm³/mol. The lowest BCUT2D eigenvalue weighted by molar-refractivity contribution is 0.0691. The number of aromatic amines is 1. The standard InChI is InChI=1S/C12H8FN3O2/c13-8-3-1-2-7(4-8)9-5-11-14-10(12(17)18)6-16(11)15-9/h1-6,15H,(H,17,18). The molecule has 0 amide bonds. The summed E-state index contributed by atoms with van der Waals surface area (Å²) in [4.78, 5) is 14.6. The number of nitrogens with one attached hydrogen (secondary N) is 1. The number of hydrogen-bond acceptors (Lipinski definition) is 2. The van der Waals surface area contributed by atoms with E-state index in [4.69, 9.17) is 5.11 Å². The van der Waals surface area contributed by atoms with Gasteiger partial charge in [-0.1, -0.05) is 12.1 Å². The highest BCUT2D eigenvalue weighted by Crippen LogP contribution is 2.20. The van der Waals surface area contributed by atoms with Gasteiger partial charge >= 0.3 is 5.97 Å². The quantitative estimate of drug-likeness (QED) is 0.726. The average molecular weight is 245 g/mol. The van der Waals surface area contributed by atoms with Crippen molar-refractivity contribution in [1.82, 2.24) is 14.6 Å². The van der Waals surface area contributed by atoms with Crippen LogP contribution in [-0.2, 0) is 0 Å². The summed E-state index contributed by atoms with van der Waals surface area (Å²) in [5, 5.41) is 11.7. The Kier molecular flexibility index (Phi) is 2.16. The fourth-order valence-corrected chi connectivity index (χ4v) is 1.78. The monoisotopic (exact) mass is 245 g/mol. The van der Waals surface area contributed by atoms with Gasteiger partial charge < -0.3 is 5.11 Å². The van der Waals surface area contributed by atoms with Crippen LogP contribution >= 0.6 is 0 Å². The van der Waals surface area contributed by atoms with E-state index >= 15 is 0 Å². The Labute approximate surface area is 100 Å². The molecule has 6 heteroatoms. The van der Waals surface area contributed by atoms with E-state index in [1.807, 2.05) is 0 Å². The van der Waals surface area contributed by atoms with E-state index < -0.39 is 5.97 Å². The van der Waals surface area contributed by atoms with Gasteiger partial charge in [0.2, 0.25) is 0 Å². The lowest BCUT2D eigenvalue weighted by atomic mass is 10.1. The molecule has 0 fully saturated rings. The summed E-state index contributed by atoms with van der Waals surface area (Å²) in [5.74, 6) is -1.41. The molecule has 2 N–H and O–H groups in total. The maximum atomic E-state index is 13.1. The van der Waals surface area contributed by atoms with Crippen LogP contribution in [-0.4, -0.2) is 25.7 Å². The van der Waals surface area contributed by atoms with Crippen molar-refractivity contribution in [2.45, 2.75) is 0 Å². The van der Waals surface area contributed by atoms with Crippen LogP contribution in [0.1, 0.15) is 10.5 Å². The molecule has 0 atom stereocenters. The SMILES string of the molecule is O=C(O)c1cn2[nH]c(-c3cccc(F)c3)cc2n1. The topological polar surface area (TPSA) is 70.4 Å². The molecule has 0 radical (unpaired) electrons. The van der Waals surface area contributed by atoms with Gasteiger partial charge in [0.1, 0.15) is 5.82 Å². The lowest BCUT2D eigenvalue weighted by Crippen LogP contribution is -1.95. The van der Waals surface area contributed by atoms with Gasteiger partial charge in [-0.2, -0.15) is 0 Å². The fraction of sp³-hybridized carbons (Fsp3) is 0. The van der Waals surface area contributed by atoms with Crippen molar-refractivity contribution < 1.29 is 14.3 Å². The zero-order chi connectivity index (χ0) is 12.7. The molecule has 2 aromatic heterocycles. The Bertz CT molecular complexity index is 713. The number of nitrogens with zero attached hydrogens (tertiary/aromatic N) is 2. The van der Waals surface area contributed by atoms with Gasteiger partial charge in [0.05, 0.1) is 11.9 Å². The molecule has 90 valence electrons. The highest BCUT2D eigenvalue weighted by atomic mass is 19.1. The summed E-state index contributed by atoms with van der Waals surface area (Å²) in [7, 11) is 0. The molecule has 0 aliphatic heterocycles. The maximum absolute atomic E-state index is 13.1. The molecule has 0 bridgehead atoms. The van der Waals surface area contributed by atoms with Crippen molar-refractivity contribution in [3.8, 4) is 11.3 Å². The van der Waals surface area contributed by atoms with E-state index in [1.54, 1.807) is 18.2 Å². The average Bonchev–Trinajstić information content (AvgIpc) is 2.86. The smallest absolute Gasteiger partial charge is 0.356 e. The van der Waals surface area contributed by atoms with Gasteiger partial charge in [-0.25, -0.2) is 18.7 Å². The van der Waals surface area contributed by atoms with Crippen molar-refractivity contribution in [2.24, 2.45) is 0 Å². The summed E-state index contributed by atoms with van der Waals surface area (Å²) in [6, 6.07) is 7.79. The Morgan fingerprint density at radius 2 is 2.22 bits per heavy atom. The molecule has 18 heavy (non-hydrogen) atoms. The molecular weight excluding hydrogens is 237 g/mol. The Hall–Kier alpha value is -2.63. The number of H-pyrrole nitrogens is 1. The van der Waals surface area contributed by atoms with Gasteiger partial charge in [0.25, 0.3) is 0 Å². The highest BCUT2D eigenvalue weighted by molar-refractivity contribution is 5.86. The lowest BCUT2D eigenvalue weighted by Gasteiger charge is -1.96. The summed E-state index contributed by atoms with van der Waals surface area (Å²) in [6.45, 7) is 0. The third kappa shape index (κ3) is 1.64. The molecule has 0 saturated heterocycles. The van der Waals surface area contributed by atoms with Crippen LogP contribution in [0.3, 0.4) is 0 Å². The van der Waals surface area contributed by atoms with E-state index in [9.17, 15) is 9.18 Å². The van der Waals surface area contributed by atoms with E-state index in [0.29, 0.717) is 16.9 Å².